The van der Waals surface area contributed by atoms with E-state index in [1.807, 2.05) is 0 Å². The minimum atomic E-state index is -1.04. The van der Waals surface area contributed by atoms with E-state index < -0.39 is 29.3 Å². The Hall–Kier alpha value is -3.01. The van der Waals surface area contributed by atoms with Crippen LogP contribution in [-0.4, -0.2) is 48.3 Å². The van der Waals surface area contributed by atoms with Crippen LogP contribution in [0.3, 0.4) is 0 Å². The zero-order valence-electron chi connectivity index (χ0n) is 19.3. The van der Waals surface area contributed by atoms with Crippen molar-refractivity contribution in [1.29, 1.82) is 0 Å². The molecule has 3 rings (SSSR count). The second kappa shape index (κ2) is 9.09. The average Bonchev–Trinajstić information content (AvgIpc) is 3.12. The molecule has 2 amide bonds. The van der Waals surface area contributed by atoms with Crippen molar-refractivity contribution >= 4 is 34.6 Å². The number of ether oxygens (including phenoxy) is 1. The van der Waals surface area contributed by atoms with E-state index in [1.165, 1.54) is 18.5 Å². The van der Waals surface area contributed by atoms with Crippen LogP contribution in [0.2, 0.25) is 5.02 Å². The molecule has 0 fully saturated rings. The minimum absolute atomic E-state index is 0.0512. The first-order chi connectivity index (χ1) is 15.2. The molecule has 0 aliphatic rings. The Balaban J connectivity index is 1.86. The number of hydrogen-bond acceptors (Lipinski definition) is 7. The Morgan fingerprint density at radius 1 is 1.09 bits per heavy atom. The van der Waals surface area contributed by atoms with Crippen LogP contribution in [0.4, 0.5) is 4.79 Å². The summed E-state index contributed by atoms with van der Waals surface area (Å²) in [5, 5.41) is 12.5. The van der Waals surface area contributed by atoms with Crippen LogP contribution in [0, 0.1) is 0 Å². The first-order valence-corrected chi connectivity index (χ1v) is 10.7. The third kappa shape index (κ3) is 6.07. The van der Waals surface area contributed by atoms with E-state index in [0.29, 0.717) is 32.2 Å². The summed E-state index contributed by atoms with van der Waals surface area (Å²) in [4.78, 5) is 42.5. The lowest BCUT2D eigenvalue weighted by Gasteiger charge is -2.30. The van der Waals surface area contributed by atoms with E-state index >= 15 is 0 Å². The second-order valence-corrected chi connectivity index (χ2v) is 9.89. The maximum absolute atomic E-state index is 13.0. The van der Waals surface area contributed by atoms with Gasteiger partial charge in [-0.1, -0.05) is 17.7 Å². The Morgan fingerprint density at radius 3 is 2.36 bits per heavy atom. The Kier molecular flexibility index (Phi) is 6.78. The summed E-state index contributed by atoms with van der Waals surface area (Å²) < 4.78 is 5.30. The highest BCUT2D eigenvalue weighted by atomic mass is 35.5. The number of H-pyrrole nitrogens is 1. The number of fused-ring (bicyclic) bond motifs is 1. The maximum Gasteiger partial charge on any atom is 0.442 e. The van der Waals surface area contributed by atoms with Gasteiger partial charge < -0.3 is 14.8 Å². The zero-order valence-corrected chi connectivity index (χ0v) is 20.1. The molecule has 0 saturated carbocycles. The van der Waals surface area contributed by atoms with Gasteiger partial charge in [-0.15, -0.1) is 5.06 Å². The third-order valence-electron chi connectivity index (χ3n) is 4.25. The molecule has 33 heavy (non-hydrogen) atoms. The number of pyridine rings is 2. The highest BCUT2D eigenvalue weighted by Crippen LogP contribution is 2.29. The molecule has 0 aliphatic carbocycles. The summed E-state index contributed by atoms with van der Waals surface area (Å²) in [7, 11) is 0. The first-order valence-electron chi connectivity index (χ1n) is 10.3. The highest BCUT2D eigenvalue weighted by molar-refractivity contribution is 6.31. The van der Waals surface area contributed by atoms with Gasteiger partial charge in [0.25, 0.3) is 0 Å². The first kappa shape index (κ1) is 24.6. The van der Waals surface area contributed by atoms with Crippen molar-refractivity contribution in [3.05, 3.63) is 58.6 Å². The number of hydrogen-bond donors (Lipinski definition) is 2. The number of rotatable bonds is 4. The van der Waals surface area contributed by atoms with E-state index in [-0.39, 0.29) is 5.69 Å². The van der Waals surface area contributed by atoms with Gasteiger partial charge in [0, 0.05) is 35.1 Å². The molecule has 0 spiro atoms. The molecule has 1 unspecified atom stereocenters. The molecule has 176 valence electrons. The molecular weight excluding hydrogens is 448 g/mol. The number of carbonyl (C=O) groups excluding carboxylic acids is 2. The molecule has 0 aromatic carbocycles. The van der Waals surface area contributed by atoms with Gasteiger partial charge in [0.1, 0.15) is 23.0 Å². The summed E-state index contributed by atoms with van der Waals surface area (Å²) in [6.45, 7) is 10.2. The largest absolute Gasteiger partial charge is 0.442 e. The van der Waals surface area contributed by atoms with Gasteiger partial charge in [-0.3, -0.25) is 14.6 Å². The molecule has 9 nitrogen and oxygen atoms in total. The van der Waals surface area contributed by atoms with Crippen LogP contribution < -0.4 is 0 Å². The Morgan fingerprint density at radius 2 is 1.79 bits per heavy atom. The number of carbonyl (C=O) groups is 2. The lowest BCUT2D eigenvalue weighted by atomic mass is 10.0. The molecule has 0 aliphatic heterocycles. The molecule has 1 atom stereocenters. The summed E-state index contributed by atoms with van der Waals surface area (Å²) in [5.41, 5.74) is -0.131. The fraction of sp³-hybridized carbons (Fsp3) is 0.391. The van der Waals surface area contributed by atoms with E-state index in [0.717, 1.165) is 0 Å². The van der Waals surface area contributed by atoms with Crippen molar-refractivity contribution < 1.29 is 24.3 Å². The van der Waals surface area contributed by atoms with Crippen LogP contribution in [0.15, 0.2) is 36.8 Å². The third-order valence-corrected chi connectivity index (χ3v) is 4.46. The quantitative estimate of drug-likeness (QED) is 0.521. The molecule has 0 radical (unpaired) electrons. The second-order valence-electron chi connectivity index (χ2n) is 9.46. The predicted octanol–water partition coefficient (Wildman–Crippen LogP) is 4.80. The zero-order chi connectivity index (χ0) is 24.6. The molecule has 0 saturated heterocycles. The average molecular weight is 475 g/mol. The van der Waals surface area contributed by atoms with Crippen LogP contribution in [-0.2, 0) is 9.57 Å². The number of nitrogens with zero attached hydrogens (tertiary/aromatic N) is 3. The number of aromatic amines is 1. The summed E-state index contributed by atoms with van der Waals surface area (Å²) in [6.07, 6.45) is 2.52. The standard InChI is InChI=1S/C23H27ClN4O5/c1-22(2,3)32-21(31)28(33-23(4,5)6)20(30)17-8-7-13(10-25-17)18(29)16-12-27-19-15(16)9-14(24)11-26-19/h7-12,18,29H,1-6H3,(H,26,27). The van der Waals surface area contributed by atoms with Gasteiger partial charge in [-0.05, 0) is 53.7 Å². The van der Waals surface area contributed by atoms with Gasteiger partial charge in [-0.2, -0.15) is 0 Å². The van der Waals surface area contributed by atoms with E-state index in [2.05, 4.69) is 15.0 Å². The fourth-order valence-electron chi connectivity index (χ4n) is 2.94. The number of halogens is 1. The Bertz CT molecular complexity index is 1160. The predicted molar refractivity (Wildman–Crippen MR) is 123 cm³/mol. The van der Waals surface area contributed by atoms with Crippen LogP contribution in [0.25, 0.3) is 11.0 Å². The van der Waals surface area contributed by atoms with E-state index in [9.17, 15) is 14.7 Å². The summed E-state index contributed by atoms with van der Waals surface area (Å²) in [6, 6.07) is 4.66. The number of aromatic nitrogens is 3. The fourth-order valence-corrected chi connectivity index (χ4v) is 3.10. The van der Waals surface area contributed by atoms with Crippen molar-refractivity contribution in [3.8, 4) is 0 Å². The molecule has 2 N–H and O–H groups in total. The topological polar surface area (TPSA) is 118 Å². The number of hydroxylamine groups is 2. The van der Waals surface area contributed by atoms with Gasteiger partial charge in [0.05, 0.1) is 10.6 Å². The smallest absolute Gasteiger partial charge is 0.442 e. The van der Waals surface area contributed by atoms with Crippen molar-refractivity contribution in [2.45, 2.75) is 58.8 Å². The molecule has 10 heteroatoms. The van der Waals surface area contributed by atoms with Gasteiger partial charge in [-0.25, -0.2) is 9.78 Å². The van der Waals surface area contributed by atoms with Crippen LogP contribution in [0.5, 0.6) is 0 Å². The molecular formula is C23H27ClN4O5. The number of aliphatic hydroxyl groups is 1. The van der Waals surface area contributed by atoms with Crippen molar-refractivity contribution in [2.75, 3.05) is 0 Å². The molecule has 3 aromatic rings. The Labute approximate surface area is 196 Å². The number of imide groups is 1. The number of amides is 2. The molecule has 3 aromatic heterocycles. The van der Waals surface area contributed by atoms with E-state index in [1.54, 1.807) is 59.9 Å². The number of aliphatic hydroxyl groups excluding tert-OH is 1. The summed E-state index contributed by atoms with van der Waals surface area (Å²) in [5.74, 6) is -0.789. The van der Waals surface area contributed by atoms with Crippen molar-refractivity contribution in [1.82, 2.24) is 20.0 Å². The number of nitrogens with one attached hydrogen (secondary N) is 1. The summed E-state index contributed by atoms with van der Waals surface area (Å²) >= 11 is 6.03. The van der Waals surface area contributed by atoms with Gasteiger partial charge in [0.15, 0.2) is 0 Å². The SMILES string of the molecule is CC(C)(C)OC(=O)N(OC(C)(C)C)C(=O)c1ccc(C(O)c2c[nH]c3ncc(Cl)cc23)cn1. The normalized spacial score (nSPS) is 13.1. The van der Waals surface area contributed by atoms with Crippen molar-refractivity contribution in [3.63, 3.8) is 0 Å². The molecule has 0 bridgehead atoms. The highest BCUT2D eigenvalue weighted by Gasteiger charge is 2.33. The molecule has 3 heterocycles. The monoisotopic (exact) mass is 474 g/mol. The van der Waals surface area contributed by atoms with E-state index in [4.69, 9.17) is 21.2 Å². The van der Waals surface area contributed by atoms with Crippen molar-refractivity contribution in [2.24, 2.45) is 0 Å². The lowest BCUT2D eigenvalue weighted by molar-refractivity contribution is -0.182. The van der Waals surface area contributed by atoms with Crippen LogP contribution in [0.1, 0.15) is 69.3 Å². The van der Waals surface area contributed by atoms with Crippen LogP contribution >= 0.6 is 11.6 Å². The van der Waals surface area contributed by atoms with Gasteiger partial charge in [0.2, 0.25) is 0 Å². The van der Waals surface area contributed by atoms with Gasteiger partial charge >= 0.3 is 12.0 Å². The maximum atomic E-state index is 13.0. The lowest BCUT2D eigenvalue weighted by Crippen LogP contribution is -2.45. The minimum Gasteiger partial charge on any atom is -0.442 e.